The van der Waals surface area contributed by atoms with E-state index in [1.54, 1.807) is 31.3 Å². The van der Waals surface area contributed by atoms with Gasteiger partial charge in [-0.15, -0.1) is 5.10 Å². The van der Waals surface area contributed by atoms with Crippen LogP contribution < -0.4 is 10.5 Å². The second-order valence-corrected chi connectivity index (χ2v) is 6.37. The third-order valence-electron chi connectivity index (χ3n) is 2.43. The second-order valence-electron chi connectivity index (χ2n) is 3.78. The number of aromatic nitrogens is 2. The summed E-state index contributed by atoms with van der Waals surface area (Å²) >= 11 is 3.25. The molecule has 8 heteroatoms. The standard InChI is InChI=1S/C11H13BrN4O2S/c1-2-14-19(17,18)10-6-4-3-5-9(10)16-7-8(12)11(13)15-16/h3-7,14H,2H2,1H3,(H2,13,15). The number of nitrogen functional groups attached to an aromatic ring is 1. The molecular weight excluding hydrogens is 332 g/mol. The molecule has 2 aromatic rings. The molecule has 0 aliphatic rings. The molecule has 0 radical (unpaired) electrons. The van der Waals surface area contributed by atoms with E-state index in [1.165, 1.54) is 10.7 Å². The molecule has 0 bridgehead atoms. The Kier molecular flexibility index (Phi) is 3.93. The zero-order valence-electron chi connectivity index (χ0n) is 10.2. The van der Waals surface area contributed by atoms with Crippen LogP contribution in [0.3, 0.4) is 0 Å². The lowest BCUT2D eigenvalue weighted by Crippen LogP contribution is -2.24. The molecule has 2 rings (SSSR count). The van der Waals surface area contributed by atoms with Gasteiger partial charge in [-0.05, 0) is 28.1 Å². The van der Waals surface area contributed by atoms with Crippen LogP contribution in [-0.4, -0.2) is 24.7 Å². The number of hydrogen-bond acceptors (Lipinski definition) is 4. The van der Waals surface area contributed by atoms with Gasteiger partial charge in [0.25, 0.3) is 0 Å². The average molecular weight is 345 g/mol. The van der Waals surface area contributed by atoms with Crippen LogP contribution in [0.25, 0.3) is 5.69 Å². The van der Waals surface area contributed by atoms with Gasteiger partial charge < -0.3 is 5.73 Å². The van der Waals surface area contributed by atoms with Crippen molar-refractivity contribution in [3.63, 3.8) is 0 Å². The minimum Gasteiger partial charge on any atom is -0.381 e. The molecule has 6 nitrogen and oxygen atoms in total. The normalized spacial score (nSPS) is 11.7. The highest BCUT2D eigenvalue weighted by atomic mass is 79.9. The Hall–Kier alpha value is -1.38. The van der Waals surface area contributed by atoms with E-state index >= 15 is 0 Å². The fraction of sp³-hybridized carbons (Fsp3) is 0.182. The van der Waals surface area contributed by atoms with E-state index in [2.05, 4.69) is 25.8 Å². The minimum absolute atomic E-state index is 0.159. The molecule has 0 atom stereocenters. The number of nitrogens with zero attached hydrogens (tertiary/aromatic N) is 2. The molecule has 0 spiro atoms. The van der Waals surface area contributed by atoms with E-state index in [-0.39, 0.29) is 4.90 Å². The van der Waals surface area contributed by atoms with Crippen molar-refractivity contribution >= 4 is 31.8 Å². The van der Waals surface area contributed by atoms with Gasteiger partial charge in [-0.2, -0.15) is 0 Å². The van der Waals surface area contributed by atoms with Crippen molar-refractivity contribution in [2.24, 2.45) is 0 Å². The number of para-hydroxylation sites is 1. The van der Waals surface area contributed by atoms with Crippen LogP contribution in [0.4, 0.5) is 5.82 Å². The van der Waals surface area contributed by atoms with Crippen LogP contribution in [0.2, 0.25) is 0 Å². The summed E-state index contributed by atoms with van der Waals surface area (Å²) in [6, 6.07) is 6.60. The van der Waals surface area contributed by atoms with E-state index in [0.29, 0.717) is 22.5 Å². The Morgan fingerprint density at radius 3 is 2.68 bits per heavy atom. The summed E-state index contributed by atoms with van der Waals surface area (Å²) in [5.74, 6) is 0.302. The summed E-state index contributed by atoms with van der Waals surface area (Å²) in [5.41, 5.74) is 6.10. The van der Waals surface area contributed by atoms with Crippen LogP contribution in [-0.2, 0) is 10.0 Å². The third-order valence-corrected chi connectivity index (χ3v) is 4.64. The highest BCUT2D eigenvalue weighted by Crippen LogP contribution is 2.23. The van der Waals surface area contributed by atoms with E-state index in [4.69, 9.17) is 5.73 Å². The second kappa shape index (κ2) is 5.32. The molecule has 0 fully saturated rings. The van der Waals surface area contributed by atoms with Crippen LogP contribution in [0.1, 0.15) is 6.92 Å². The molecule has 102 valence electrons. The molecule has 0 unspecified atom stereocenters. The number of sulfonamides is 1. The Bertz CT molecular complexity index is 677. The zero-order chi connectivity index (χ0) is 14.0. The van der Waals surface area contributed by atoms with Gasteiger partial charge in [-0.3, -0.25) is 0 Å². The zero-order valence-corrected chi connectivity index (χ0v) is 12.6. The highest BCUT2D eigenvalue weighted by Gasteiger charge is 2.19. The number of hydrogen-bond donors (Lipinski definition) is 2. The summed E-state index contributed by atoms with van der Waals surface area (Å²) < 4.78 is 28.8. The Morgan fingerprint density at radius 1 is 1.42 bits per heavy atom. The van der Waals surface area contributed by atoms with E-state index in [0.717, 1.165) is 0 Å². The lowest BCUT2D eigenvalue weighted by Gasteiger charge is -2.10. The lowest BCUT2D eigenvalue weighted by atomic mass is 10.3. The monoisotopic (exact) mass is 344 g/mol. The van der Waals surface area contributed by atoms with Gasteiger partial charge in [-0.1, -0.05) is 19.1 Å². The first-order chi connectivity index (χ1) is 8.95. The summed E-state index contributed by atoms with van der Waals surface area (Å²) in [5, 5.41) is 4.07. The summed E-state index contributed by atoms with van der Waals surface area (Å²) in [4.78, 5) is 0.159. The van der Waals surface area contributed by atoms with E-state index in [9.17, 15) is 8.42 Å². The van der Waals surface area contributed by atoms with Gasteiger partial charge in [-0.25, -0.2) is 17.8 Å². The molecule has 1 aromatic heterocycles. The maximum Gasteiger partial charge on any atom is 0.242 e. The quantitative estimate of drug-likeness (QED) is 0.879. The number of nitrogens with one attached hydrogen (secondary N) is 1. The smallest absolute Gasteiger partial charge is 0.242 e. The van der Waals surface area contributed by atoms with Gasteiger partial charge in [0, 0.05) is 12.7 Å². The Labute approximate surface area is 119 Å². The van der Waals surface area contributed by atoms with Crippen LogP contribution >= 0.6 is 15.9 Å². The molecule has 0 amide bonds. The van der Waals surface area contributed by atoms with Gasteiger partial charge in [0.2, 0.25) is 10.0 Å². The van der Waals surface area contributed by atoms with Crippen LogP contribution in [0, 0.1) is 0 Å². The van der Waals surface area contributed by atoms with Crippen LogP contribution in [0.15, 0.2) is 39.8 Å². The summed E-state index contributed by atoms with van der Waals surface area (Å²) in [6.07, 6.45) is 1.62. The van der Waals surface area contributed by atoms with Crippen molar-refractivity contribution in [3.8, 4) is 5.69 Å². The molecule has 1 aromatic carbocycles. The molecule has 0 aliphatic heterocycles. The topological polar surface area (TPSA) is 90.0 Å². The third kappa shape index (κ3) is 2.80. The minimum atomic E-state index is -3.56. The van der Waals surface area contributed by atoms with Crippen molar-refractivity contribution in [3.05, 3.63) is 34.9 Å². The van der Waals surface area contributed by atoms with Crippen molar-refractivity contribution in [2.75, 3.05) is 12.3 Å². The highest BCUT2D eigenvalue weighted by molar-refractivity contribution is 9.10. The first-order valence-corrected chi connectivity index (χ1v) is 7.83. The molecule has 0 saturated carbocycles. The van der Waals surface area contributed by atoms with Crippen molar-refractivity contribution in [1.29, 1.82) is 0 Å². The van der Waals surface area contributed by atoms with Gasteiger partial charge in [0.1, 0.15) is 4.90 Å². The first-order valence-electron chi connectivity index (χ1n) is 5.55. The lowest BCUT2D eigenvalue weighted by molar-refractivity contribution is 0.583. The van der Waals surface area contributed by atoms with Gasteiger partial charge in [0.05, 0.1) is 10.2 Å². The molecular formula is C11H13BrN4O2S. The fourth-order valence-electron chi connectivity index (χ4n) is 1.63. The van der Waals surface area contributed by atoms with Gasteiger partial charge in [0.15, 0.2) is 5.82 Å². The predicted octanol–water partition coefficient (Wildman–Crippen LogP) is 1.52. The number of anilines is 1. The summed E-state index contributed by atoms with van der Waals surface area (Å²) in [6.45, 7) is 2.05. The van der Waals surface area contributed by atoms with Crippen LogP contribution in [0.5, 0.6) is 0 Å². The maximum atomic E-state index is 12.1. The molecule has 0 aliphatic carbocycles. The Morgan fingerprint density at radius 2 is 2.11 bits per heavy atom. The molecule has 1 heterocycles. The molecule has 3 N–H and O–H groups in total. The van der Waals surface area contributed by atoms with E-state index < -0.39 is 10.0 Å². The SMILES string of the molecule is CCNS(=O)(=O)c1ccccc1-n1cc(Br)c(N)n1. The number of nitrogens with two attached hydrogens (primary N) is 1. The molecule has 19 heavy (non-hydrogen) atoms. The van der Waals surface area contributed by atoms with E-state index in [1.807, 2.05) is 0 Å². The maximum absolute atomic E-state index is 12.1. The van der Waals surface area contributed by atoms with Crippen molar-refractivity contribution in [1.82, 2.24) is 14.5 Å². The first kappa shape index (κ1) is 14.0. The summed E-state index contributed by atoms with van der Waals surface area (Å²) in [7, 11) is -3.56. The number of benzene rings is 1. The number of halogens is 1. The predicted molar refractivity (Wildman–Crippen MR) is 76.5 cm³/mol. The van der Waals surface area contributed by atoms with Crippen molar-refractivity contribution < 1.29 is 8.42 Å². The average Bonchev–Trinajstić information content (AvgIpc) is 2.69. The number of rotatable bonds is 4. The van der Waals surface area contributed by atoms with Gasteiger partial charge >= 0.3 is 0 Å². The van der Waals surface area contributed by atoms with Crippen molar-refractivity contribution in [2.45, 2.75) is 11.8 Å². The fourth-order valence-corrected chi connectivity index (χ4v) is 3.13. The Balaban J connectivity index is 2.59. The molecule has 0 saturated heterocycles. The largest absolute Gasteiger partial charge is 0.381 e.